The fourth-order valence-corrected chi connectivity index (χ4v) is 4.78. The van der Waals surface area contributed by atoms with Crippen LogP contribution in [0.5, 0.6) is 11.5 Å². The monoisotopic (exact) mass is 480 g/mol. The van der Waals surface area contributed by atoms with Crippen molar-refractivity contribution in [2.24, 2.45) is 5.92 Å². The van der Waals surface area contributed by atoms with Crippen molar-refractivity contribution in [3.8, 4) is 11.5 Å². The lowest BCUT2D eigenvalue weighted by atomic mass is 9.97. The number of nitrogens with one attached hydrogen (secondary N) is 1. The molecule has 4 heterocycles. The van der Waals surface area contributed by atoms with Gasteiger partial charge in [-0.05, 0) is 36.6 Å². The molecule has 1 fully saturated rings. The fraction of sp³-hybridized carbons (Fsp3) is 0.381. The number of hydrogen-bond acceptors (Lipinski definition) is 8. The van der Waals surface area contributed by atoms with Gasteiger partial charge in [0.05, 0.1) is 11.3 Å². The number of piperidine rings is 1. The van der Waals surface area contributed by atoms with E-state index in [-0.39, 0.29) is 23.0 Å². The quantitative estimate of drug-likeness (QED) is 0.557. The number of fused-ring (bicyclic) bond motifs is 2. The highest BCUT2D eigenvalue weighted by atomic mass is 32.1. The summed E-state index contributed by atoms with van der Waals surface area (Å²) in [6.07, 6.45) is -3.64. The minimum absolute atomic E-state index is 0.149. The summed E-state index contributed by atoms with van der Waals surface area (Å²) in [6.45, 7) is 1.29. The maximum atomic E-state index is 13.4. The molecular weight excluding hydrogens is 461 g/mol. The maximum Gasteiger partial charge on any atom is 0.425 e. The van der Waals surface area contributed by atoms with Crippen molar-refractivity contribution in [2.45, 2.75) is 25.6 Å². The molecule has 0 bridgehead atoms. The summed E-state index contributed by atoms with van der Waals surface area (Å²) in [6, 6.07) is 6.48. The third-order valence-electron chi connectivity index (χ3n) is 5.68. The van der Waals surface area contributed by atoms with Gasteiger partial charge in [0.2, 0.25) is 12.7 Å². The topological polar surface area (TPSA) is 96.8 Å². The van der Waals surface area contributed by atoms with Crippen LogP contribution in [0.15, 0.2) is 24.3 Å². The Hall–Kier alpha value is -3.28. The van der Waals surface area contributed by atoms with E-state index in [2.05, 4.69) is 15.3 Å². The standard InChI is InChI=1S/C21H19F3N4O4S/c22-21(23,24)16-8-13-17(25-9-11-1-2-14-15(7-11)32-10-31-14)26-20(27-18(13)33-16)28-5-3-12(4-6-28)19(29)30/h1-2,7-8,12H,3-6,9-10H2,(H,29,30)(H,25,26,27). The molecule has 33 heavy (non-hydrogen) atoms. The largest absolute Gasteiger partial charge is 0.481 e. The molecule has 8 nitrogen and oxygen atoms in total. The van der Waals surface area contributed by atoms with Gasteiger partial charge in [-0.25, -0.2) is 4.98 Å². The predicted molar refractivity (Wildman–Crippen MR) is 115 cm³/mol. The summed E-state index contributed by atoms with van der Waals surface area (Å²) >= 11 is 0.567. The molecule has 5 rings (SSSR count). The highest BCUT2D eigenvalue weighted by molar-refractivity contribution is 7.18. The Kier molecular flexibility index (Phi) is 5.39. The van der Waals surface area contributed by atoms with Crippen molar-refractivity contribution in [3.05, 3.63) is 34.7 Å². The average Bonchev–Trinajstić information content (AvgIpc) is 3.44. The number of hydrogen-bond donors (Lipinski definition) is 2. The number of carbonyl (C=O) groups is 1. The van der Waals surface area contributed by atoms with E-state index in [1.54, 1.807) is 12.1 Å². The molecule has 2 aromatic heterocycles. The molecule has 0 spiro atoms. The number of carboxylic acids is 1. The molecule has 174 valence electrons. The van der Waals surface area contributed by atoms with Crippen LogP contribution in [0.3, 0.4) is 0 Å². The van der Waals surface area contributed by atoms with E-state index in [1.165, 1.54) is 0 Å². The number of ether oxygens (including phenoxy) is 2. The number of benzene rings is 1. The fourth-order valence-electron chi connectivity index (χ4n) is 3.89. The summed E-state index contributed by atoms with van der Waals surface area (Å²) in [7, 11) is 0. The molecule has 1 saturated heterocycles. The molecular formula is C21H19F3N4O4S. The van der Waals surface area contributed by atoms with Gasteiger partial charge in [-0.2, -0.15) is 18.2 Å². The van der Waals surface area contributed by atoms with Crippen LogP contribution in [0.1, 0.15) is 23.3 Å². The van der Waals surface area contributed by atoms with Gasteiger partial charge in [0.15, 0.2) is 11.5 Å². The van der Waals surface area contributed by atoms with Crippen molar-refractivity contribution in [3.63, 3.8) is 0 Å². The lowest BCUT2D eigenvalue weighted by Crippen LogP contribution is -2.37. The average molecular weight is 480 g/mol. The van der Waals surface area contributed by atoms with Crippen molar-refractivity contribution >= 4 is 39.3 Å². The number of aliphatic carboxylic acids is 1. The maximum absolute atomic E-state index is 13.4. The first-order valence-corrected chi connectivity index (χ1v) is 11.1. The van der Waals surface area contributed by atoms with Gasteiger partial charge in [-0.1, -0.05) is 6.07 Å². The first-order chi connectivity index (χ1) is 15.8. The van der Waals surface area contributed by atoms with Crippen LogP contribution in [-0.4, -0.2) is 40.9 Å². The number of anilines is 2. The zero-order valence-corrected chi connectivity index (χ0v) is 18.0. The first-order valence-electron chi connectivity index (χ1n) is 10.3. The molecule has 12 heteroatoms. The number of aromatic nitrogens is 2. The SMILES string of the molecule is O=C(O)C1CCN(c2nc(NCc3ccc4c(c3)OCO4)c3cc(C(F)(F)F)sc3n2)CC1. The Bertz CT molecular complexity index is 1210. The Morgan fingerprint density at radius 3 is 2.67 bits per heavy atom. The van der Waals surface area contributed by atoms with Crippen LogP contribution in [-0.2, 0) is 17.5 Å². The van der Waals surface area contributed by atoms with Crippen molar-refractivity contribution in [1.29, 1.82) is 0 Å². The Morgan fingerprint density at radius 2 is 1.94 bits per heavy atom. The van der Waals surface area contributed by atoms with Crippen LogP contribution in [0, 0.1) is 5.92 Å². The van der Waals surface area contributed by atoms with E-state index >= 15 is 0 Å². The van der Waals surface area contributed by atoms with Gasteiger partial charge in [0.25, 0.3) is 0 Å². The lowest BCUT2D eigenvalue weighted by molar-refractivity contribution is -0.142. The third kappa shape index (κ3) is 4.34. The molecule has 3 aromatic rings. The van der Waals surface area contributed by atoms with E-state index in [4.69, 9.17) is 9.47 Å². The zero-order valence-electron chi connectivity index (χ0n) is 17.2. The second-order valence-corrected chi connectivity index (χ2v) is 8.87. The summed E-state index contributed by atoms with van der Waals surface area (Å²) < 4.78 is 50.8. The molecule has 0 unspecified atom stereocenters. The smallest absolute Gasteiger partial charge is 0.425 e. The molecule has 0 atom stereocenters. The summed E-state index contributed by atoms with van der Waals surface area (Å²) in [5, 5.41) is 12.6. The van der Waals surface area contributed by atoms with Gasteiger partial charge in [-0.15, -0.1) is 11.3 Å². The van der Waals surface area contributed by atoms with Crippen LogP contribution in [0.2, 0.25) is 0 Å². The van der Waals surface area contributed by atoms with Gasteiger partial charge >= 0.3 is 12.1 Å². The predicted octanol–water partition coefficient (Wildman–Crippen LogP) is 4.35. The van der Waals surface area contributed by atoms with Gasteiger partial charge in [-0.3, -0.25) is 4.79 Å². The van der Waals surface area contributed by atoms with E-state index in [1.807, 2.05) is 11.0 Å². The van der Waals surface area contributed by atoms with E-state index in [0.29, 0.717) is 61.1 Å². The van der Waals surface area contributed by atoms with Gasteiger partial charge in [0, 0.05) is 19.6 Å². The summed E-state index contributed by atoms with van der Waals surface area (Å²) in [5.74, 6) is 0.550. The molecule has 0 aliphatic carbocycles. The molecule has 2 aliphatic rings. The highest BCUT2D eigenvalue weighted by Crippen LogP contribution is 2.40. The van der Waals surface area contributed by atoms with Crippen LogP contribution >= 0.6 is 11.3 Å². The van der Waals surface area contributed by atoms with Crippen molar-refractivity contribution < 1.29 is 32.5 Å². The number of rotatable bonds is 5. The van der Waals surface area contributed by atoms with Crippen molar-refractivity contribution in [1.82, 2.24) is 9.97 Å². The van der Waals surface area contributed by atoms with Crippen LogP contribution < -0.4 is 19.7 Å². The Balaban J connectivity index is 1.45. The Labute approximate surface area is 190 Å². The van der Waals surface area contributed by atoms with Gasteiger partial charge in [0.1, 0.15) is 15.5 Å². The molecule has 0 amide bonds. The molecule has 2 N–H and O–H groups in total. The number of halogens is 3. The van der Waals surface area contributed by atoms with Gasteiger partial charge < -0.3 is 24.8 Å². The van der Waals surface area contributed by atoms with E-state index in [0.717, 1.165) is 11.6 Å². The zero-order chi connectivity index (χ0) is 23.2. The van der Waals surface area contributed by atoms with Crippen LogP contribution in [0.4, 0.5) is 24.9 Å². The minimum atomic E-state index is -4.49. The highest BCUT2D eigenvalue weighted by Gasteiger charge is 2.34. The van der Waals surface area contributed by atoms with Crippen LogP contribution in [0.25, 0.3) is 10.2 Å². The second kappa shape index (κ2) is 8.25. The summed E-state index contributed by atoms with van der Waals surface area (Å²) in [4.78, 5) is 21.4. The van der Waals surface area contributed by atoms with E-state index < -0.39 is 22.9 Å². The second-order valence-electron chi connectivity index (χ2n) is 7.84. The normalized spacial score (nSPS) is 16.4. The molecule has 1 aromatic carbocycles. The number of thiophene rings is 1. The van der Waals surface area contributed by atoms with Crippen molar-refractivity contribution in [2.75, 3.05) is 30.1 Å². The molecule has 0 saturated carbocycles. The Morgan fingerprint density at radius 1 is 1.18 bits per heavy atom. The lowest BCUT2D eigenvalue weighted by Gasteiger charge is -2.30. The number of carboxylic acid groups (broad SMARTS) is 1. The number of nitrogens with zero attached hydrogens (tertiary/aromatic N) is 3. The van der Waals surface area contributed by atoms with E-state index in [9.17, 15) is 23.1 Å². The number of alkyl halides is 3. The molecule has 2 aliphatic heterocycles. The molecule has 0 radical (unpaired) electrons. The summed E-state index contributed by atoms with van der Waals surface area (Å²) in [5.41, 5.74) is 0.848. The minimum Gasteiger partial charge on any atom is -0.481 e. The first kappa shape index (κ1) is 21.6. The third-order valence-corrected chi connectivity index (χ3v) is 6.76.